The zero-order valence-corrected chi connectivity index (χ0v) is 14.5. The van der Waals surface area contributed by atoms with Gasteiger partial charge in [0, 0.05) is 23.7 Å². The molecule has 3 aromatic rings. The first kappa shape index (κ1) is 17.4. The van der Waals surface area contributed by atoms with E-state index >= 15 is 0 Å². The average molecular weight is 382 g/mol. The topological polar surface area (TPSA) is 76.9 Å². The summed E-state index contributed by atoms with van der Waals surface area (Å²) < 4.78 is 55.1. The van der Waals surface area contributed by atoms with Crippen molar-refractivity contribution < 1.29 is 17.2 Å². The van der Waals surface area contributed by atoms with Crippen molar-refractivity contribution in [3.63, 3.8) is 0 Å². The van der Waals surface area contributed by atoms with Crippen molar-refractivity contribution in [2.75, 3.05) is 4.72 Å². The van der Waals surface area contributed by atoms with E-state index < -0.39 is 26.6 Å². The highest BCUT2D eigenvalue weighted by molar-refractivity contribution is 7.99. The summed E-state index contributed by atoms with van der Waals surface area (Å²) in [5.74, 6) is -2.00. The molecule has 0 bridgehead atoms. The molecule has 10 heteroatoms. The molecule has 0 saturated carbocycles. The molecule has 0 aliphatic heterocycles. The number of sulfonamides is 1. The van der Waals surface area contributed by atoms with Crippen LogP contribution in [0.4, 0.5) is 14.5 Å². The van der Waals surface area contributed by atoms with E-state index in [1.807, 2.05) is 7.05 Å². The Labute approximate surface area is 147 Å². The highest BCUT2D eigenvalue weighted by atomic mass is 32.2. The predicted octanol–water partition coefficient (Wildman–Crippen LogP) is 3.05. The number of benzene rings is 2. The lowest BCUT2D eigenvalue weighted by Crippen LogP contribution is -2.14. The van der Waals surface area contributed by atoms with Crippen LogP contribution in [0.1, 0.15) is 0 Å². The first-order valence-corrected chi connectivity index (χ1v) is 9.25. The lowest BCUT2D eigenvalue weighted by atomic mass is 10.3. The van der Waals surface area contributed by atoms with Crippen LogP contribution in [0.15, 0.2) is 63.7 Å². The van der Waals surface area contributed by atoms with Crippen LogP contribution in [0, 0.1) is 11.6 Å². The Hall–Kier alpha value is -2.46. The van der Waals surface area contributed by atoms with E-state index in [1.54, 1.807) is 23.0 Å². The minimum absolute atomic E-state index is 0.256. The van der Waals surface area contributed by atoms with Gasteiger partial charge in [-0.25, -0.2) is 17.2 Å². The van der Waals surface area contributed by atoms with E-state index in [0.29, 0.717) is 11.2 Å². The molecule has 0 aliphatic carbocycles. The van der Waals surface area contributed by atoms with Gasteiger partial charge in [-0.1, -0.05) is 0 Å². The summed E-state index contributed by atoms with van der Waals surface area (Å²) in [6.45, 7) is 0. The van der Waals surface area contributed by atoms with Gasteiger partial charge in [0.05, 0.1) is 0 Å². The van der Waals surface area contributed by atoms with E-state index in [2.05, 4.69) is 14.9 Å². The Balaban J connectivity index is 1.77. The Bertz CT molecular complexity index is 1000. The van der Waals surface area contributed by atoms with Gasteiger partial charge in [-0.15, -0.1) is 10.2 Å². The summed E-state index contributed by atoms with van der Waals surface area (Å²) in [6, 6.07) is 8.75. The van der Waals surface area contributed by atoms with Gasteiger partial charge in [-0.05, 0) is 48.2 Å². The molecule has 3 rings (SSSR count). The second kappa shape index (κ2) is 6.81. The van der Waals surface area contributed by atoms with Gasteiger partial charge in [-0.2, -0.15) is 0 Å². The third-order valence-corrected chi connectivity index (χ3v) is 5.64. The van der Waals surface area contributed by atoms with Crippen molar-refractivity contribution >= 4 is 27.5 Å². The van der Waals surface area contributed by atoms with Crippen LogP contribution < -0.4 is 4.72 Å². The number of hydrogen-bond donors (Lipinski definition) is 1. The van der Waals surface area contributed by atoms with Gasteiger partial charge < -0.3 is 4.57 Å². The van der Waals surface area contributed by atoms with E-state index in [9.17, 15) is 17.2 Å². The van der Waals surface area contributed by atoms with Gasteiger partial charge in [0.1, 0.15) is 22.9 Å². The first-order chi connectivity index (χ1) is 11.8. The van der Waals surface area contributed by atoms with Crippen LogP contribution in [0.5, 0.6) is 0 Å². The van der Waals surface area contributed by atoms with Gasteiger partial charge >= 0.3 is 0 Å². The molecule has 0 saturated heterocycles. The molecule has 0 amide bonds. The first-order valence-electron chi connectivity index (χ1n) is 6.95. The Morgan fingerprint density at radius 2 is 1.84 bits per heavy atom. The van der Waals surface area contributed by atoms with E-state index in [0.717, 1.165) is 17.0 Å². The van der Waals surface area contributed by atoms with Crippen LogP contribution in [0.25, 0.3) is 0 Å². The molecule has 130 valence electrons. The van der Waals surface area contributed by atoms with Gasteiger partial charge in [0.2, 0.25) is 0 Å². The number of halogens is 2. The van der Waals surface area contributed by atoms with Crippen LogP contribution in [0.2, 0.25) is 0 Å². The summed E-state index contributed by atoms with van der Waals surface area (Å²) in [5.41, 5.74) is 0.256. The molecule has 0 unspecified atom stereocenters. The number of nitrogens with zero attached hydrogens (tertiary/aromatic N) is 3. The number of anilines is 1. The number of nitrogens with one attached hydrogen (secondary N) is 1. The molecular formula is C15H12F2N4O2S2. The number of hydrogen-bond acceptors (Lipinski definition) is 5. The normalized spacial score (nSPS) is 11.5. The molecule has 0 aliphatic rings. The van der Waals surface area contributed by atoms with E-state index in [-0.39, 0.29) is 5.69 Å². The third kappa shape index (κ3) is 3.97. The largest absolute Gasteiger partial charge is 0.311 e. The number of aryl methyl sites for hydroxylation is 1. The van der Waals surface area contributed by atoms with Gasteiger partial charge in [0.15, 0.2) is 5.16 Å². The molecule has 0 spiro atoms. The zero-order chi connectivity index (χ0) is 18.0. The molecule has 0 radical (unpaired) electrons. The highest BCUT2D eigenvalue weighted by Crippen LogP contribution is 2.27. The Kier molecular flexibility index (Phi) is 4.73. The monoisotopic (exact) mass is 382 g/mol. The average Bonchev–Trinajstić information content (AvgIpc) is 2.93. The van der Waals surface area contributed by atoms with E-state index in [4.69, 9.17) is 0 Å². The molecule has 25 heavy (non-hydrogen) atoms. The minimum atomic E-state index is -4.16. The molecule has 0 atom stereocenters. The second-order valence-corrected chi connectivity index (χ2v) is 7.72. The minimum Gasteiger partial charge on any atom is -0.311 e. The van der Waals surface area contributed by atoms with Gasteiger partial charge in [0.25, 0.3) is 10.0 Å². The number of aromatic nitrogens is 3. The fourth-order valence-corrected chi connectivity index (χ4v) is 3.85. The van der Waals surface area contributed by atoms with Crippen molar-refractivity contribution in [2.45, 2.75) is 14.9 Å². The predicted molar refractivity (Wildman–Crippen MR) is 88.7 cm³/mol. The van der Waals surface area contributed by atoms with Crippen molar-refractivity contribution in [1.82, 2.24) is 14.8 Å². The summed E-state index contributed by atoms with van der Waals surface area (Å²) in [4.78, 5) is 0.207. The fraction of sp³-hybridized carbons (Fsp3) is 0.0667. The van der Waals surface area contributed by atoms with Crippen molar-refractivity contribution in [3.8, 4) is 0 Å². The van der Waals surface area contributed by atoms with Crippen molar-refractivity contribution in [2.24, 2.45) is 7.05 Å². The lowest BCUT2D eigenvalue weighted by molar-refractivity contribution is 0.551. The standard InChI is InChI=1S/C15H12F2N4O2S2/c1-21-9-18-19-15(21)24-12-5-3-11(4-6-12)20-25(22,23)14-7-2-10(16)8-13(14)17/h2-9,20H,1H3. The van der Waals surface area contributed by atoms with Crippen molar-refractivity contribution in [3.05, 3.63) is 60.4 Å². The summed E-state index contributed by atoms with van der Waals surface area (Å²) in [7, 11) is -2.35. The van der Waals surface area contributed by atoms with Crippen molar-refractivity contribution in [1.29, 1.82) is 0 Å². The SMILES string of the molecule is Cn1cnnc1Sc1ccc(NS(=O)(=O)c2ccc(F)cc2F)cc1. The Morgan fingerprint density at radius 3 is 2.44 bits per heavy atom. The second-order valence-electron chi connectivity index (χ2n) is 5.03. The molecule has 1 N–H and O–H groups in total. The lowest BCUT2D eigenvalue weighted by Gasteiger charge is -2.09. The van der Waals surface area contributed by atoms with Crippen LogP contribution in [-0.2, 0) is 17.1 Å². The molecule has 6 nitrogen and oxygen atoms in total. The third-order valence-electron chi connectivity index (χ3n) is 3.17. The molecular weight excluding hydrogens is 370 g/mol. The summed E-state index contributed by atoms with van der Waals surface area (Å²) in [6.07, 6.45) is 1.57. The van der Waals surface area contributed by atoms with Crippen LogP contribution >= 0.6 is 11.8 Å². The highest BCUT2D eigenvalue weighted by Gasteiger charge is 2.19. The maximum absolute atomic E-state index is 13.7. The molecule has 1 heterocycles. The maximum Gasteiger partial charge on any atom is 0.264 e. The maximum atomic E-state index is 13.7. The van der Waals surface area contributed by atoms with Crippen LogP contribution in [0.3, 0.4) is 0 Å². The molecule has 0 fully saturated rings. The molecule has 2 aromatic carbocycles. The van der Waals surface area contributed by atoms with Gasteiger partial charge in [-0.3, -0.25) is 4.72 Å². The van der Waals surface area contributed by atoms with E-state index in [1.165, 1.54) is 23.9 Å². The summed E-state index contributed by atoms with van der Waals surface area (Å²) >= 11 is 1.36. The Morgan fingerprint density at radius 1 is 1.12 bits per heavy atom. The fourth-order valence-electron chi connectivity index (χ4n) is 1.96. The van der Waals surface area contributed by atoms with Crippen LogP contribution in [-0.4, -0.2) is 23.2 Å². The quantitative estimate of drug-likeness (QED) is 0.734. The summed E-state index contributed by atoms with van der Waals surface area (Å²) in [5, 5.41) is 8.39. The molecule has 1 aromatic heterocycles. The zero-order valence-electron chi connectivity index (χ0n) is 12.8. The smallest absolute Gasteiger partial charge is 0.264 e. The number of rotatable bonds is 5.